The lowest BCUT2D eigenvalue weighted by Crippen LogP contribution is -2.02. The lowest BCUT2D eigenvalue weighted by Gasteiger charge is -2.08. The standard InChI is InChI=1S/C13H11N3O5/c1-21-11-7-6-10(16(19)20)12(15-11)14-9-4-2-8(3-5-9)13(17)18/h2-7H,1H3,(H,14,15)(H,17,18). The monoisotopic (exact) mass is 289 g/mol. The average Bonchev–Trinajstić information content (AvgIpc) is 2.47. The van der Waals surface area contributed by atoms with Crippen LogP contribution in [0.2, 0.25) is 0 Å². The summed E-state index contributed by atoms with van der Waals surface area (Å²) in [6.45, 7) is 0. The summed E-state index contributed by atoms with van der Waals surface area (Å²) >= 11 is 0. The quantitative estimate of drug-likeness (QED) is 0.641. The van der Waals surface area contributed by atoms with E-state index in [0.717, 1.165) is 0 Å². The Morgan fingerprint density at radius 2 is 1.95 bits per heavy atom. The SMILES string of the molecule is COc1ccc([N+](=O)[O-])c(Nc2ccc(C(=O)O)cc2)n1. The third-order valence-corrected chi connectivity index (χ3v) is 2.65. The Morgan fingerprint density at radius 1 is 1.29 bits per heavy atom. The van der Waals surface area contributed by atoms with E-state index in [9.17, 15) is 14.9 Å². The molecule has 2 rings (SSSR count). The van der Waals surface area contributed by atoms with Crippen LogP contribution in [-0.2, 0) is 0 Å². The van der Waals surface area contributed by atoms with Crippen LogP contribution in [-0.4, -0.2) is 28.1 Å². The van der Waals surface area contributed by atoms with Crippen LogP contribution in [0.4, 0.5) is 17.2 Å². The molecule has 0 saturated heterocycles. The predicted molar refractivity (Wildman–Crippen MR) is 74.1 cm³/mol. The maximum atomic E-state index is 11.0. The number of carbonyl (C=O) groups is 1. The van der Waals surface area contributed by atoms with Gasteiger partial charge in [0.05, 0.1) is 17.6 Å². The molecule has 0 unspecified atom stereocenters. The molecule has 1 heterocycles. The molecule has 0 aliphatic carbocycles. The van der Waals surface area contributed by atoms with Gasteiger partial charge in [-0.3, -0.25) is 10.1 Å². The highest BCUT2D eigenvalue weighted by molar-refractivity contribution is 5.88. The normalized spacial score (nSPS) is 9.95. The summed E-state index contributed by atoms with van der Waals surface area (Å²) < 4.78 is 4.93. The highest BCUT2D eigenvalue weighted by Gasteiger charge is 2.16. The van der Waals surface area contributed by atoms with Crippen molar-refractivity contribution in [1.82, 2.24) is 4.98 Å². The minimum Gasteiger partial charge on any atom is -0.481 e. The average molecular weight is 289 g/mol. The second-order valence-corrected chi connectivity index (χ2v) is 3.99. The van der Waals surface area contributed by atoms with Crippen molar-refractivity contribution >= 4 is 23.2 Å². The van der Waals surface area contributed by atoms with Gasteiger partial charge in [0.2, 0.25) is 11.7 Å². The summed E-state index contributed by atoms with van der Waals surface area (Å²) in [5.74, 6) is -0.806. The van der Waals surface area contributed by atoms with Crippen LogP contribution in [0, 0.1) is 10.1 Å². The number of ether oxygens (including phenoxy) is 1. The number of aromatic carboxylic acids is 1. The fraction of sp³-hybridized carbons (Fsp3) is 0.0769. The third-order valence-electron chi connectivity index (χ3n) is 2.65. The number of aromatic nitrogens is 1. The van der Waals surface area contributed by atoms with E-state index >= 15 is 0 Å². The van der Waals surface area contributed by atoms with E-state index in [1.807, 2.05) is 0 Å². The van der Waals surface area contributed by atoms with Crippen molar-refractivity contribution in [3.05, 3.63) is 52.1 Å². The Labute approximate surface area is 119 Å². The van der Waals surface area contributed by atoms with Gasteiger partial charge in [0.15, 0.2) is 0 Å². The molecule has 2 N–H and O–H groups in total. The fourth-order valence-corrected chi connectivity index (χ4v) is 1.62. The molecular formula is C13H11N3O5. The first-order valence-corrected chi connectivity index (χ1v) is 5.81. The molecule has 1 aromatic heterocycles. The number of methoxy groups -OCH3 is 1. The Bertz CT molecular complexity index is 685. The van der Waals surface area contributed by atoms with Crippen molar-refractivity contribution in [2.24, 2.45) is 0 Å². The summed E-state index contributed by atoms with van der Waals surface area (Å²) in [4.78, 5) is 25.1. The summed E-state index contributed by atoms with van der Waals surface area (Å²) in [6.07, 6.45) is 0. The Balaban J connectivity index is 2.33. The van der Waals surface area contributed by atoms with E-state index in [1.165, 1.54) is 43.5 Å². The molecule has 0 radical (unpaired) electrons. The largest absolute Gasteiger partial charge is 0.481 e. The van der Waals surface area contributed by atoms with Gasteiger partial charge in [-0.15, -0.1) is 0 Å². The first-order chi connectivity index (χ1) is 10.0. The van der Waals surface area contributed by atoms with Crippen molar-refractivity contribution in [1.29, 1.82) is 0 Å². The number of hydrogen-bond acceptors (Lipinski definition) is 6. The summed E-state index contributed by atoms with van der Waals surface area (Å²) in [6, 6.07) is 8.42. The van der Waals surface area contributed by atoms with Gasteiger partial charge in [-0.1, -0.05) is 0 Å². The zero-order valence-corrected chi connectivity index (χ0v) is 10.9. The molecular weight excluding hydrogens is 278 g/mol. The molecule has 0 bridgehead atoms. The molecule has 0 saturated carbocycles. The maximum absolute atomic E-state index is 11.0. The smallest absolute Gasteiger partial charge is 0.335 e. The van der Waals surface area contributed by atoms with E-state index in [-0.39, 0.29) is 22.9 Å². The number of nitrogens with zero attached hydrogens (tertiary/aromatic N) is 2. The summed E-state index contributed by atoms with van der Waals surface area (Å²) in [5.41, 5.74) is 0.385. The maximum Gasteiger partial charge on any atom is 0.335 e. The van der Waals surface area contributed by atoms with Crippen LogP contribution in [0.5, 0.6) is 5.88 Å². The van der Waals surface area contributed by atoms with Crippen LogP contribution in [0.25, 0.3) is 0 Å². The van der Waals surface area contributed by atoms with E-state index in [0.29, 0.717) is 5.69 Å². The molecule has 0 fully saturated rings. The lowest BCUT2D eigenvalue weighted by molar-refractivity contribution is -0.384. The third kappa shape index (κ3) is 3.24. The summed E-state index contributed by atoms with van der Waals surface area (Å²) in [7, 11) is 1.40. The second kappa shape index (κ2) is 5.87. The van der Waals surface area contributed by atoms with Crippen LogP contribution in [0.1, 0.15) is 10.4 Å². The molecule has 0 spiro atoms. The molecule has 8 heteroatoms. The number of anilines is 2. The van der Waals surface area contributed by atoms with Gasteiger partial charge < -0.3 is 15.2 Å². The number of carboxylic acid groups (broad SMARTS) is 1. The number of rotatable bonds is 5. The Morgan fingerprint density at radius 3 is 2.48 bits per heavy atom. The van der Waals surface area contributed by atoms with Crippen molar-refractivity contribution in [2.75, 3.05) is 12.4 Å². The van der Waals surface area contributed by atoms with Crippen LogP contribution in [0.15, 0.2) is 36.4 Å². The molecule has 21 heavy (non-hydrogen) atoms. The number of pyridine rings is 1. The molecule has 0 aliphatic heterocycles. The van der Waals surface area contributed by atoms with Crippen molar-refractivity contribution < 1.29 is 19.6 Å². The van der Waals surface area contributed by atoms with Gasteiger partial charge in [-0.25, -0.2) is 4.79 Å². The molecule has 1 aromatic carbocycles. The van der Waals surface area contributed by atoms with E-state index < -0.39 is 10.9 Å². The van der Waals surface area contributed by atoms with Gasteiger partial charge in [0, 0.05) is 17.8 Å². The fourth-order valence-electron chi connectivity index (χ4n) is 1.62. The van der Waals surface area contributed by atoms with Crippen molar-refractivity contribution in [3.63, 3.8) is 0 Å². The molecule has 8 nitrogen and oxygen atoms in total. The topological polar surface area (TPSA) is 115 Å². The number of carboxylic acids is 1. The predicted octanol–water partition coefficient (Wildman–Crippen LogP) is 2.44. The first kappa shape index (κ1) is 14.3. The minimum atomic E-state index is -1.05. The second-order valence-electron chi connectivity index (χ2n) is 3.99. The van der Waals surface area contributed by atoms with E-state index in [1.54, 1.807) is 0 Å². The van der Waals surface area contributed by atoms with Gasteiger partial charge in [-0.05, 0) is 24.3 Å². The van der Waals surface area contributed by atoms with Crippen molar-refractivity contribution in [3.8, 4) is 5.88 Å². The number of hydrogen-bond donors (Lipinski definition) is 2. The zero-order valence-electron chi connectivity index (χ0n) is 10.9. The Kier molecular flexibility index (Phi) is 3.98. The lowest BCUT2D eigenvalue weighted by atomic mass is 10.2. The van der Waals surface area contributed by atoms with Crippen molar-refractivity contribution in [2.45, 2.75) is 0 Å². The number of nitro groups is 1. The highest BCUT2D eigenvalue weighted by Crippen LogP contribution is 2.27. The number of benzene rings is 1. The van der Waals surface area contributed by atoms with E-state index in [4.69, 9.17) is 9.84 Å². The molecule has 2 aromatic rings. The van der Waals surface area contributed by atoms with Gasteiger partial charge in [0.25, 0.3) is 0 Å². The van der Waals surface area contributed by atoms with Crippen LogP contribution >= 0.6 is 0 Å². The molecule has 0 atom stereocenters. The molecule has 0 amide bonds. The number of nitrogens with one attached hydrogen (secondary N) is 1. The van der Waals surface area contributed by atoms with Gasteiger partial charge in [-0.2, -0.15) is 4.98 Å². The molecule has 108 valence electrons. The Hall–Kier alpha value is -3.16. The van der Waals surface area contributed by atoms with E-state index in [2.05, 4.69) is 10.3 Å². The van der Waals surface area contributed by atoms with Gasteiger partial charge >= 0.3 is 11.7 Å². The van der Waals surface area contributed by atoms with Crippen LogP contribution < -0.4 is 10.1 Å². The highest BCUT2D eigenvalue weighted by atomic mass is 16.6. The first-order valence-electron chi connectivity index (χ1n) is 5.81. The molecule has 0 aliphatic rings. The van der Waals surface area contributed by atoms with Crippen LogP contribution in [0.3, 0.4) is 0 Å². The summed E-state index contributed by atoms with van der Waals surface area (Å²) in [5, 5.41) is 22.5. The van der Waals surface area contributed by atoms with Gasteiger partial charge in [0.1, 0.15) is 0 Å². The zero-order chi connectivity index (χ0) is 15.4. The minimum absolute atomic E-state index is 0.0161.